The first kappa shape index (κ1) is 31.3. The summed E-state index contributed by atoms with van der Waals surface area (Å²) in [6, 6.07) is 16.9. The lowest BCUT2D eigenvalue weighted by Gasteiger charge is -2.32. The number of sulfonamides is 1. The van der Waals surface area contributed by atoms with Crippen molar-refractivity contribution in [3.63, 3.8) is 0 Å². The smallest absolute Gasteiger partial charge is 0.264 e. The first-order chi connectivity index (χ1) is 19.0. The molecule has 0 aliphatic rings. The number of carbonyl (C=O) groups excluding carboxylic acids is 2. The lowest BCUT2D eigenvalue weighted by Crippen LogP contribution is -2.51. The number of hydrogen-bond acceptors (Lipinski definition) is 5. The van der Waals surface area contributed by atoms with E-state index in [2.05, 4.69) is 5.32 Å². The average Bonchev–Trinajstić information content (AvgIpc) is 2.94. The summed E-state index contributed by atoms with van der Waals surface area (Å²) < 4.78 is 34.1. The largest absolute Gasteiger partial charge is 0.497 e. The minimum atomic E-state index is -4.26. The van der Waals surface area contributed by atoms with Crippen LogP contribution in [-0.2, 0) is 26.2 Å². The van der Waals surface area contributed by atoms with Crippen molar-refractivity contribution >= 4 is 50.7 Å². The van der Waals surface area contributed by atoms with E-state index in [0.717, 1.165) is 16.3 Å². The van der Waals surface area contributed by atoms with Crippen molar-refractivity contribution < 1.29 is 22.7 Å². The molecular formula is C29H33Cl2N3O5S. The normalized spacial score (nSPS) is 11.9. The summed E-state index contributed by atoms with van der Waals surface area (Å²) in [7, 11) is -2.73. The molecule has 1 unspecified atom stereocenters. The Morgan fingerprint density at radius 3 is 2.38 bits per heavy atom. The fourth-order valence-corrected chi connectivity index (χ4v) is 5.83. The van der Waals surface area contributed by atoms with Gasteiger partial charge in [0, 0.05) is 18.1 Å². The van der Waals surface area contributed by atoms with Crippen LogP contribution in [0.5, 0.6) is 5.75 Å². The Morgan fingerprint density at radius 1 is 1.02 bits per heavy atom. The zero-order valence-corrected chi connectivity index (χ0v) is 25.2. The number of anilines is 1. The lowest BCUT2D eigenvalue weighted by atomic mass is 10.1. The van der Waals surface area contributed by atoms with Crippen LogP contribution in [0.25, 0.3) is 0 Å². The summed E-state index contributed by atoms with van der Waals surface area (Å²) >= 11 is 12.7. The molecule has 2 amide bonds. The van der Waals surface area contributed by atoms with E-state index in [0.29, 0.717) is 17.9 Å². The standard InChI is InChI=1S/C29H33Cl2N3O5S/c1-5-15-32-29(36)21(3)33(18-22-7-6-8-24(16-22)39-4)28(35)19-34(27-17-23(30)11-14-26(27)31)40(37,38)25-12-9-20(2)10-13-25/h6-14,16-17,21H,5,15,18-19H2,1-4H3,(H,32,36). The zero-order chi connectivity index (χ0) is 29.4. The molecule has 1 N–H and O–H groups in total. The lowest BCUT2D eigenvalue weighted by molar-refractivity contribution is -0.139. The Balaban J connectivity index is 2.07. The summed E-state index contributed by atoms with van der Waals surface area (Å²) in [6.45, 7) is 5.23. The molecule has 214 valence electrons. The molecule has 0 radical (unpaired) electrons. The number of amides is 2. The second kappa shape index (κ2) is 13.9. The van der Waals surface area contributed by atoms with Crippen LogP contribution < -0.4 is 14.4 Å². The Bertz CT molecular complexity index is 1450. The number of rotatable bonds is 12. The van der Waals surface area contributed by atoms with Gasteiger partial charge in [0.05, 0.1) is 22.7 Å². The van der Waals surface area contributed by atoms with E-state index in [4.69, 9.17) is 27.9 Å². The predicted molar refractivity (Wildman–Crippen MR) is 158 cm³/mol. The minimum Gasteiger partial charge on any atom is -0.497 e. The highest BCUT2D eigenvalue weighted by Gasteiger charge is 2.33. The van der Waals surface area contributed by atoms with Crippen LogP contribution in [0, 0.1) is 6.92 Å². The number of nitrogens with one attached hydrogen (secondary N) is 1. The van der Waals surface area contributed by atoms with Gasteiger partial charge in [-0.2, -0.15) is 0 Å². The van der Waals surface area contributed by atoms with Crippen LogP contribution in [0.1, 0.15) is 31.4 Å². The predicted octanol–water partition coefficient (Wildman–Crippen LogP) is 5.45. The Kier molecular flexibility index (Phi) is 10.8. The number of hydrogen-bond donors (Lipinski definition) is 1. The molecule has 11 heteroatoms. The van der Waals surface area contributed by atoms with Crippen LogP contribution in [0.2, 0.25) is 10.0 Å². The second-order valence-electron chi connectivity index (χ2n) is 9.26. The Morgan fingerprint density at radius 2 is 1.73 bits per heavy atom. The SMILES string of the molecule is CCCNC(=O)C(C)N(Cc1cccc(OC)c1)C(=O)CN(c1cc(Cl)ccc1Cl)S(=O)(=O)c1ccc(C)cc1. The minimum absolute atomic E-state index is 0.0185. The molecule has 0 spiro atoms. The van der Waals surface area contributed by atoms with Gasteiger partial charge in [0.25, 0.3) is 10.0 Å². The molecule has 40 heavy (non-hydrogen) atoms. The fourth-order valence-electron chi connectivity index (χ4n) is 3.97. The van der Waals surface area contributed by atoms with Gasteiger partial charge >= 0.3 is 0 Å². The van der Waals surface area contributed by atoms with Gasteiger partial charge in [-0.3, -0.25) is 13.9 Å². The Labute approximate surface area is 245 Å². The van der Waals surface area contributed by atoms with Crippen LogP contribution in [0.15, 0.2) is 71.6 Å². The third-order valence-corrected chi connectivity index (χ3v) is 8.60. The average molecular weight is 607 g/mol. The molecule has 8 nitrogen and oxygen atoms in total. The molecular weight excluding hydrogens is 573 g/mol. The van der Waals surface area contributed by atoms with Gasteiger partial charge in [0.2, 0.25) is 11.8 Å². The number of aryl methyl sites for hydroxylation is 1. The molecule has 0 aromatic heterocycles. The van der Waals surface area contributed by atoms with Gasteiger partial charge in [-0.05, 0) is 68.3 Å². The molecule has 0 saturated heterocycles. The van der Waals surface area contributed by atoms with E-state index < -0.39 is 28.5 Å². The summed E-state index contributed by atoms with van der Waals surface area (Å²) in [6.07, 6.45) is 0.720. The van der Waals surface area contributed by atoms with Gasteiger partial charge in [0.15, 0.2) is 0 Å². The van der Waals surface area contributed by atoms with Crippen LogP contribution in [0.4, 0.5) is 5.69 Å². The monoisotopic (exact) mass is 605 g/mol. The molecule has 0 saturated carbocycles. The van der Waals surface area contributed by atoms with E-state index in [1.54, 1.807) is 43.3 Å². The zero-order valence-electron chi connectivity index (χ0n) is 22.9. The molecule has 0 aliphatic carbocycles. The maximum absolute atomic E-state index is 14.0. The summed E-state index contributed by atoms with van der Waals surface area (Å²) in [5, 5.41) is 3.16. The van der Waals surface area contributed by atoms with Crippen molar-refractivity contribution in [2.45, 2.75) is 44.7 Å². The third kappa shape index (κ3) is 7.68. The molecule has 3 aromatic carbocycles. The van der Waals surface area contributed by atoms with E-state index in [-0.39, 0.29) is 33.1 Å². The van der Waals surface area contributed by atoms with Crippen molar-refractivity contribution in [3.05, 3.63) is 87.9 Å². The highest BCUT2D eigenvalue weighted by atomic mass is 35.5. The van der Waals surface area contributed by atoms with Crippen molar-refractivity contribution in [3.8, 4) is 5.75 Å². The molecule has 0 heterocycles. The van der Waals surface area contributed by atoms with E-state index >= 15 is 0 Å². The third-order valence-electron chi connectivity index (χ3n) is 6.27. The van der Waals surface area contributed by atoms with Crippen molar-refractivity contribution in [2.75, 3.05) is 24.5 Å². The molecule has 0 fully saturated rings. The number of benzene rings is 3. The van der Waals surface area contributed by atoms with Crippen LogP contribution >= 0.6 is 23.2 Å². The topological polar surface area (TPSA) is 96.0 Å². The van der Waals surface area contributed by atoms with Crippen molar-refractivity contribution in [1.82, 2.24) is 10.2 Å². The van der Waals surface area contributed by atoms with E-state index in [1.807, 2.05) is 13.8 Å². The first-order valence-corrected chi connectivity index (χ1v) is 14.9. The Hall–Kier alpha value is -3.27. The second-order valence-corrected chi connectivity index (χ2v) is 12.0. The van der Waals surface area contributed by atoms with Gasteiger partial charge in [-0.15, -0.1) is 0 Å². The van der Waals surface area contributed by atoms with Gasteiger partial charge < -0.3 is 15.0 Å². The van der Waals surface area contributed by atoms with Gasteiger partial charge in [-0.25, -0.2) is 8.42 Å². The van der Waals surface area contributed by atoms with Crippen molar-refractivity contribution in [1.29, 1.82) is 0 Å². The molecule has 0 bridgehead atoms. The summed E-state index contributed by atoms with van der Waals surface area (Å²) in [5.74, 6) is -0.372. The molecule has 0 aliphatic heterocycles. The molecule has 3 rings (SSSR count). The fraction of sp³-hybridized carbons (Fsp3) is 0.310. The van der Waals surface area contributed by atoms with Crippen LogP contribution in [-0.4, -0.2) is 51.4 Å². The molecule has 3 aromatic rings. The van der Waals surface area contributed by atoms with E-state index in [1.165, 1.54) is 42.3 Å². The van der Waals surface area contributed by atoms with Gasteiger partial charge in [0.1, 0.15) is 18.3 Å². The highest BCUT2D eigenvalue weighted by molar-refractivity contribution is 7.92. The molecule has 1 atom stereocenters. The maximum atomic E-state index is 14.0. The van der Waals surface area contributed by atoms with Crippen molar-refractivity contribution in [2.24, 2.45) is 0 Å². The maximum Gasteiger partial charge on any atom is 0.264 e. The number of carbonyl (C=O) groups is 2. The quantitative estimate of drug-likeness (QED) is 0.296. The van der Waals surface area contributed by atoms with Crippen LogP contribution in [0.3, 0.4) is 0 Å². The highest BCUT2D eigenvalue weighted by Crippen LogP contribution is 2.33. The number of methoxy groups -OCH3 is 1. The number of halogens is 2. The van der Waals surface area contributed by atoms with Gasteiger partial charge in [-0.1, -0.05) is 60.0 Å². The van der Waals surface area contributed by atoms with E-state index in [9.17, 15) is 18.0 Å². The number of ether oxygens (including phenoxy) is 1. The first-order valence-electron chi connectivity index (χ1n) is 12.7. The summed E-state index contributed by atoms with van der Waals surface area (Å²) in [5.41, 5.74) is 1.63. The summed E-state index contributed by atoms with van der Waals surface area (Å²) in [4.78, 5) is 28.3. The number of nitrogens with zero attached hydrogens (tertiary/aromatic N) is 2.